The highest BCUT2D eigenvalue weighted by molar-refractivity contribution is 5.93. The number of amides is 1. The summed E-state index contributed by atoms with van der Waals surface area (Å²) in [4.78, 5) is 11.5. The van der Waals surface area contributed by atoms with E-state index in [1.807, 2.05) is 32.0 Å². The predicted octanol–water partition coefficient (Wildman–Crippen LogP) is 4.21. The number of benzene rings is 2. The van der Waals surface area contributed by atoms with Gasteiger partial charge in [-0.05, 0) is 62.1 Å². The van der Waals surface area contributed by atoms with Gasteiger partial charge in [0.05, 0.1) is 6.10 Å². The number of anilines is 1. The summed E-state index contributed by atoms with van der Waals surface area (Å²) in [5, 5.41) is 6.49. The minimum atomic E-state index is 0.108. The number of rotatable bonds is 6. The molecule has 2 aromatic carbocycles. The fourth-order valence-electron chi connectivity index (χ4n) is 3.02. The third-order valence-electron chi connectivity index (χ3n) is 4.43. The summed E-state index contributed by atoms with van der Waals surface area (Å²) in [5.41, 5.74) is 4.65. The number of carbonyl (C=O) groups excluding carboxylic acids is 1. The van der Waals surface area contributed by atoms with Crippen molar-refractivity contribution in [2.24, 2.45) is 0 Å². The molecule has 0 aromatic heterocycles. The first-order valence-electron chi connectivity index (χ1n) is 8.93. The predicted molar refractivity (Wildman–Crippen MR) is 101 cm³/mol. The van der Waals surface area contributed by atoms with Gasteiger partial charge in [-0.15, -0.1) is 0 Å². The van der Waals surface area contributed by atoms with E-state index in [2.05, 4.69) is 41.8 Å². The summed E-state index contributed by atoms with van der Waals surface area (Å²) in [7, 11) is 0. The molecule has 1 amide bonds. The summed E-state index contributed by atoms with van der Waals surface area (Å²) in [6, 6.07) is 14.8. The van der Waals surface area contributed by atoms with Gasteiger partial charge in [-0.2, -0.15) is 0 Å². The van der Waals surface area contributed by atoms with Gasteiger partial charge >= 0.3 is 0 Å². The molecule has 132 valence electrons. The Bertz CT molecular complexity index is 738. The molecule has 2 aromatic rings. The molecule has 0 saturated carbocycles. The minimum Gasteiger partial charge on any atom is -0.491 e. The molecular formula is C21H26N2O2. The molecule has 4 nitrogen and oxygen atoms in total. The number of hydrogen-bond acceptors (Lipinski definition) is 3. The number of aryl methyl sites for hydroxylation is 1. The molecule has 2 N–H and O–H groups in total. The van der Waals surface area contributed by atoms with Crippen LogP contribution >= 0.6 is 0 Å². The van der Waals surface area contributed by atoms with Crippen molar-refractivity contribution in [1.82, 2.24) is 5.32 Å². The van der Waals surface area contributed by atoms with E-state index in [0.29, 0.717) is 6.42 Å². The lowest BCUT2D eigenvalue weighted by Crippen LogP contribution is -2.21. The highest BCUT2D eigenvalue weighted by Crippen LogP contribution is 2.26. The molecular weight excluding hydrogens is 312 g/mol. The quantitative estimate of drug-likeness (QED) is 0.829. The smallest absolute Gasteiger partial charge is 0.224 e. The molecule has 0 unspecified atom stereocenters. The van der Waals surface area contributed by atoms with E-state index < -0.39 is 0 Å². The summed E-state index contributed by atoms with van der Waals surface area (Å²) in [6.07, 6.45) is 1.58. The first kappa shape index (κ1) is 17.5. The zero-order chi connectivity index (χ0) is 17.8. The molecule has 25 heavy (non-hydrogen) atoms. The summed E-state index contributed by atoms with van der Waals surface area (Å²) in [5.74, 6) is 1.01. The molecule has 1 heterocycles. The van der Waals surface area contributed by atoms with Gasteiger partial charge in [0, 0.05) is 24.7 Å². The molecule has 1 aliphatic rings. The van der Waals surface area contributed by atoms with Crippen molar-refractivity contribution < 1.29 is 9.53 Å². The molecule has 0 aliphatic carbocycles. The fourth-order valence-corrected chi connectivity index (χ4v) is 3.02. The van der Waals surface area contributed by atoms with E-state index in [4.69, 9.17) is 4.74 Å². The van der Waals surface area contributed by atoms with E-state index >= 15 is 0 Å². The Morgan fingerprint density at radius 2 is 1.84 bits per heavy atom. The van der Waals surface area contributed by atoms with Gasteiger partial charge in [0.15, 0.2) is 0 Å². The highest BCUT2D eigenvalue weighted by Gasteiger charge is 2.16. The molecule has 1 atom stereocenters. The second kappa shape index (κ2) is 7.70. The van der Waals surface area contributed by atoms with Gasteiger partial charge in [-0.3, -0.25) is 4.79 Å². The van der Waals surface area contributed by atoms with Crippen molar-refractivity contribution >= 4 is 11.6 Å². The molecule has 0 radical (unpaired) electrons. The van der Waals surface area contributed by atoms with E-state index in [0.717, 1.165) is 24.4 Å². The van der Waals surface area contributed by atoms with Crippen molar-refractivity contribution in [3.63, 3.8) is 0 Å². The summed E-state index contributed by atoms with van der Waals surface area (Å²) < 4.78 is 5.67. The maximum absolute atomic E-state index is 11.5. The van der Waals surface area contributed by atoms with E-state index in [9.17, 15) is 4.79 Å². The van der Waals surface area contributed by atoms with Gasteiger partial charge < -0.3 is 15.4 Å². The first-order valence-corrected chi connectivity index (χ1v) is 8.93. The molecule has 0 fully saturated rings. The van der Waals surface area contributed by atoms with Gasteiger partial charge in [0.25, 0.3) is 0 Å². The Hall–Kier alpha value is -2.33. The molecule has 1 aliphatic heterocycles. The van der Waals surface area contributed by atoms with Crippen molar-refractivity contribution in [1.29, 1.82) is 0 Å². The number of fused-ring (bicyclic) bond motifs is 1. The van der Waals surface area contributed by atoms with Crippen molar-refractivity contribution in [2.45, 2.75) is 52.3 Å². The largest absolute Gasteiger partial charge is 0.491 e. The Kier molecular flexibility index (Phi) is 5.39. The zero-order valence-corrected chi connectivity index (χ0v) is 15.1. The van der Waals surface area contributed by atoms with Crippen molar-refractivity contribution in [3.05, 3.63) is 59.2 Å². The fraction of sp³-hybridized carbons (Fsp3) is 0.381. The lowest BCUT2D eigenvalue weighted by molar-refractivity contribution is -0.116. The average molecular weight is 338 g/mol. The Morgan fingerprint density at radius 3 is 2.56 bits per heavy atom. The second-order valence-corrected chi connectivity index (χ2v) is 6.88. The molecule has 0 saturated heterocycles. The molecule has 0 bridgehead atoms. The third kappa shape index (κ3) is 4.60. The van der Waals surface area contributed by atoms with Crippen LogP contribution in [0.15, 0.2) is 42.5 Å². The number of ether oxygens (including phenoxy) is 1. The Morgan fingerprint density at radius 1 is 1.08 bits per heavy atom. The highest BCUT2D eigenvalue weighted by atomic mass is 16.5. The van der Waals surface area contributed by atoms with E-state index in [1.165, 1.54) is 16.7 Å². The lowest BCUT2D eigenvalue weighted by Gasteiger charge is -2.20. The van der Waals surface area contributed by atoms with Gasteiger partial charge in [0.1, 0.15) is 5.75 Å². The Balaban J connectivity index is 1.59. The molecule has 0 spiro atoms. The van der Waals surface area contributed by atoms with Crippen LogP contribution in [0.4, 0.5) is 5.69 Å². The van der Waals surface area contributed by atoms with E-state index in [-0.39, 0.29) is 18.1 Å². The SMILES string of the molecule is CC(C)Oc1ccc(CN[C@@H](C)c2ccc3c(c2)CCC(=O)N3)cc1. The standard InChI is InChI=1S/C21H26N2O2/c1-14(2)25-19-8-4-16(5-9-19)13-22-15(3)17-6-10-20-18(12-17)7-11-21(24)23-20/h4-6,8-10,12,14-15,22H,7,11,13H2,1-3H3,(H,23,24)/t15-/m0/s1. The molecule has 4 heteroatoms. The second-order valence-electron chi connectivity index (χ2n) is 6.88. The van der Waals surface area contributed by atoms with Crippen LogP contribution in [0.1, 0.15) is 49.9 Å². The number of nitrogens with one attached hydrogen (secondary N) is 2. The van der Waals surface area contributed by atoms with Crippen LogP contribution in [-0.4, -0.2) is 12.0 Å². The van der Waals surface area contributed by atoms with Crippen LogP contribution in [0.2, 0.25) is 0 Å². The maximum atomic E-state index is 11.5. The van der Waals surface area contributed by atoms with E-state index in [1.54, 1.807) is 0 Å². The van der Waals surface area contributed by atoms with Gasteiger partial charge in [-0.25, -0.2) is 0 Å². The van der Waals surface area contributed by atoms with Crippen LogP contribution in [0.3, 0.4) is 0 Å². The van der Waals surface area contributed by atoms with Crippen LogP contribution < -0.4 is 15.4 Å². The lowest BCUT2D eigenvalue weighted by atomic mass is 9.97. The number of carbonyl (C=O) groups is 1. The van der Waals surface area contributed by atoms with Crippen molar-refractivity contribution in [2.75, 3.05) is 5.32 Å². The normalized spacial score (nSPS) is 14.8. The molecule has 3 rings (SSSR count). The number of hydrogen-bond donors (Lipinski definition) is 2. The first-order chi connectivity index (χ1) is 12.0. The van der Waals surface area contributed by atoms with Gasteiger partial charge in [-0.1, -0.05) is 24.3 Å². The van der Waals surface area contributed by atoms with Crippen LogP contribution in [0.25, 0.3) is 0 Å². The Labute approximate surface area is 149 Å². The van der Waals surface area contributed by atoms with Crippen LogP contribution in [-0.2, 0) is 17.8 Å². The van der Waals surface area contributed by atoms with Crippen LogP contribution in [0, 0.1) is 0 Å². The van der Waals surface area contributed by atoms with Crippen molar-refractivity contribution in [3.8, 4) is 5.75 Å². The zero-order valence-electron chi connectivity index (χ0n) is 15.1. The topological polar surface area (TPSA) is 50.4 Å². The summed E-state index contributed by atoms with van der Waals surface area (Å²) in [6.45, 7) is 7.03. The van der Waals surface area contributed by atoms with Gasteiger partial charge in [0.2, 0.25) is 5.91 Å². The third-order valence-corrected chi connectivity index (χ3v) is 4.43. The van der Waals surface area contributed by atoms with Crippen LogP contribution in [0.5, 0.6) is 5.75 Å². The summed E-state index contributed by atoms with van der Waals surface area (Å²) >= 11 is 0. The maximum Gasteiger partial charge on any atom is 0.224 e. The monoisotopic (exact) mass is 338 g/mol. The minimum absolute atomic E-state index is 0.108. The average Bonchev–Trinajstić information content (AvgIpc) is 2.60.